The first-order chi connectivity index (χ1) is 31.5. The Kier molecular flexibility index (Phi) is 51.3. The van der Waals surface area contributed by atoms with E-state index in [0.29, 0.717) is 19.3 Å². The van der Waals surface area contributed by atoms with Crippen LogP contribution in [0.3, 0.4) is 0 Å². The van der Waals surface area contributed by atoms with Gasteiger partial charge in [-0.3, -0.25) is 4.79 Å². The number of hydrogen-bond acceptors (Lipinski definition) is 5. The highest BCUT2D eigenvalue weighted by Crippen LogP contribution is 2.17. The van der Waals surface area contributed by atoms with Gasteiger partial charge in [0.05, 0.1) is 18.8 Å². The largest absolute Gasteiger partial charge is 0.394 e. The van der Waals surface area contributed by atoms with Crippen LogP contribution in [0.15, 0.2) is 36.5 Å². The zero-order valence-corrected chi connectivity index (χ0v) is 42.8. The molecule has 4 unspecified atom stereocenters. The van der Waals surface area contributed by atoms with Crippen molar-refractivity contribution in [2.75, 3.05) is 6.61 Å². The highest BCUT2D eigenvalue weighted by atomic mass is 16.3. The van der Waals surface area contributed by atoms with Crippen molar-refractivity contribution in [3.63, 3.8) is 0 Å². The molecule has 5 N–H and O–H groups in total. The summed E-state index contributed by atoms with van der Waals surface area (Å²) in [5.41, 5.74) is 0. The number of nitrogens with one attached hydrogen (secondary N) is 1. The van der Waals surface area contributed by atoms with Crippen LogP contribution in [0.4, 0.5) is 0 Å². The second-order valence-corrected chi connectivity index (χ2v) is 19.6. The maximum atomic E-state index is 12.6. The summed E-state index contributed by atoms with van der Waals surface area (Å²) in [6.07, 6.45) is 65.0. The Bertz CT molecular complexity index is 1010. The molecule has 0 spiro atoms. The predicted octanol–water partition coefficient (Wildman–Crippen LogP) is 16.4. The number of unbranched alkanes of at least 4 members (excludes halogenated alkanes) is 37. The Morgan fingerprint density at radius 1 is 0.375 bits per heavy atom. The fourth-order valence-electron chi connectivity index (χ4n) is 8.83. The molecule has 0 aromatic heterocycles. The number of carbonyl (C=O) groups excluding carboxylic acids is 1. The lowest BCUT2D eigenvalue weighted by Gasteiger charge is -2.27. The van der Waals surface area contributed by atoms with Crippen molar-refractivity contribution >= 4 is 5.91 Å². The number of carbonyl (C=O) groups is 1. The predicted molar refractivity (Wildman–Crippen MR) is 279 cm³/mol. The summed E-state index contributed by atoms with van der Waals surface area (Å²) in [7, 11) is 0. The van der Waals surface area contributed by atoms with Crippen LogP contribution in [-0.4, -0.2) is 57.3 Å². The van der Waals surface area contributed by atoms with Gasteiger partial charge in [-0.05, 0) is 77.0 Å². The van der Waals surface area contributed by atoms with Crippen molar-refractivity contribution < 1.29 is 25.2 Å². The first-order valence-corrected chi connectivity index (χ1v) is 28.4. The average Bonchev–Trinajstić information content (AvgIpc) is 3.30. The number of aliphatic hydroxyl groups excluding tert-OH is 4. The molecule has 0 aliphatic carbocycles. The molecule has 0 bridgehead atoms. The molecule has 0 aliphatic heterocycles. The molecular formula is C58H111NO5. The van der Waals surface area contributed by atoms with Gasteiger partial charge in [-0.25, -0.2) is 0 Å². The van der Waals surface area contributed by atoms with Gasteiger partial charge in [-0.2, -0.15) is 0 Å². The monoisotopic (exact) mass is 902 g/mol. The molecule has 0 aliphatic rings. The van der Waals surface area contributed by atoms with Crippen LogP contribution < -0.4 is 5.32 Å². The lowest BCUT2D eigenvalue weighted by atomic mass is 10.00. The van der Waals surface area contributed by atoms with Crippen molar-refractivity contribution in [1.82, 2.24) is 5.32 Å². The number of allylic oxidation sites excluding steroid dienone is 6. The third kappa shape index (κ3) is 45.7. The van der Waals surface area contributed by atoms with E-state index in [1.165, 1.54) is 225 Å². The normalized spacial score (nSPS) is 14.0. The fourth-order valence-corrected chi connectivity index (χ4v) is 8.83. The van der Waals surface area contributed by atoms with Gasteiger partial charge in [0.15, 0.2) is 0 Å². The average molecular weight is 903 g/mol. The Morgan fingerprint density at radius 3 is 0.984 bits per heavy atom. The summed E-state index contributed by atoms with van der Waals surface area (Å²) in [6.45, 7) is 4.07. The molecule has 0 heterocycles. The van der Waals surface area contributed by atoms with Gasteiger partial charge >= 0.3 is 0 Å². The van der Waals surface area contributed by atoms with Crippen molar-refractivity contribution in [3.8, 4) is 0 Å². The van der Waals surface area contributed by atoms with Gasteiger partial charge in [-0.1, -0.05) is 256 Å². The quantitative estimate of drug-likeness (QED) is 0.0309. The minimum Gasteiger partial charge on any atom is -0.394 e. The lowest BCUT2D eigenvalue weighted by Crippen LogP contribution is -2.53. The van der Waals surface area contributed by atoms with Crippen LogP contribution in [0.5, 0.6) is 0 Å². The lowest BCUT2D eigenvalue weighted by molar-refractivity contribution is -0.132. The molecule has 4 atom stereocenters. The van der Waals surface area contributed by atoms with Crippen LogP contribution in [0, 0.1) is 0 Å². The van der Waals surface area contributed by atoms with Gasteiger partial charge in [0, 0.05) is 0 Å². The van der Waals surface area contributed by atoms with Gasteiger partial charge in [-0.15, -0.1) is 0 Å². The maximum absolute atomic E-state index is 12.6. The minimum absolute atomic E-state index is 0.357. The third-order valence-corrected chi connectivity index (χ3v) is 13.3. The Balaban J connectivity index is 3.69. The molecule has 378 valence electrons. The first-order valence-electron chi connectivity index (χ1n) is 28.4. The number of aliphatic hydroxyl groups is 4. The van der Waals surface area contributed by atoms with E-state index in [-0.39, 0.29) is 0 Å². The molecule has 0 radical (unpaired) electrons. The second-order valence-electron chi connectivity index (χ2n) is 19.6. The molecule has 0 saturated carbocycles. The molecule has 0 saturated heterocycles. The smallest absolute Gasteiger partial charge is 0.249 e. The van der Waals surface area contributed by atoms with Crippen molar-refractivity contribution in [3.05, 3.63) is 36.5 Å². The van der Waals surface area contributed by atoms with Crippen LogP contribution in [0.25, 0.3) is 0 Å². The number of hydrogen-bond donors (Lipinski definition) is 5. The molecule has 64 heavy (non-hydrogen) atoms. The van der Waals surface area contributed by atoms with E-state index in [2.05, 4.69) is 55.6 Å². The molecule has 0 aromatic rings. The molecule has 0 aromatic carbocycles. The van der Waals surface area contributed by atoms with Gasteiger partial charge in [0.1, 0.15) is 12.2 Å². The Hall–Kier alpha value is -1.47. The SMILES string of the molecule is CCCCCCCCCCCCCC/C=C\CCCCCCCCCCC(O)C(=O)NC(CO)C(O)C(O)CCC/C=C/CC/C=C/CCCCCCCCCCCCCCCCC. The van der Waals surface area contributed by atoms with Crippen LogP contribution in [0.2, 0.25) is 0 Å². The molecule has 6 nitrogen and oxygen atoms in total. The van der Waals surface area contributed by atoms with Gasteiger partial charge < -0.3 is 25.7 Å². The topological polar surface area (TPSA) is 110 Å². The zero-order valence-electron chi connectivity index (χ0n) is 42.8. The Labute approximate surface area is 398 Å². The summed E-state index contributed by atoms with van der Waals surface area (Å²) < 4.78 is 0. The summed E-state index contributed by atoms with van der Waals surface area (Å²) in [4.78, 5) is 12.6. The zero-order chi connectivity index (χ0) is 46.7. The van der Waals surface area contributed by atoms with E-state index in [1.807, 2.05) is 0 Å². The van der Waals surface area contributed by atoms with Crippen molar-refractivity contribution in [2.45, 2.75) is 321 Å². The highest BCUT2D eigenvalue weighted by molar-refractivity contribution is 5.80. The van der Waals surface area contributed by atoms with E-state index in [0.717, 1.165) is 38.5 Å². The van der Waals surface area contributed by atoms with Gasteiger partial charge in [0.25, 0.3) is 0 Å². The second kappa shape index (κ2) is 52.5. The third-order valence-electron chi connectivity index (χ3n) is 13.3. The summed E-state index contributed by atoms with van der Waals surface area (Å²) >= 11 is 0. The van der Waals surface area contributed by atoms with Gasteiger partial charge in [0.2, 0.25) is 5.91 Å². The van der Waals surface area contributed by atoms with E-state index in [1.54, 1.807) is 0 Å². The standard InChI is InChI=1S/C58H111NO5/c1-3-5-7-9-11-13-15-17-19-21-23-25-27-29-31-33-35-37-39-41-43-45-47-49-51-55(61)57(63)54(53-60)59-58(64)56(62)52-50-48-46-44-42-40-38-36-34-32-30-28-26-24-22-20-18-16-14-12-10-8-6-4-2/h30,32,35,37,43,45,54-57,60-63H,3-29,31,33-34,36,38-42,44,46-53H2,1-2H3,(H,59,64)/b32-30-,37-35+,45-43+. The van der Waals surface area contributed by atoms with E-state index in [4.69, 9.17) is 0 Å². The van der Waals surface area contributed by atoms with E-state index >= 15 is 0 Å². The summed E-state index contributed by atoms with van der Waals surface area (Å²) in [6, 6.07) is -1.01. The van der Waals surface area contributed by atoms with Crippen molar-refractivity contribution in [1.29, 1.82) is 0 Å². The summed E-state index contributed by atoms with van der Waals surface area (Å²) in [5, 5.41) is 44.0. The fraction of sp³-hybridized carbons (Fsp3) is 0.879. The number of amides is 1. The Morgan fingerprint density at radius 2 is 0.656 bits per heavy atom. The molecule has 0 rings (SSSR count). The van der Waals surface area contributed by atoms with Crippen LogP contribution >= 0.6 is 0 Å². The maximum Gasteiger partial charge on any atom is 0.249 e. The minimum atomic E-state index is -1.29. The van der Waals surface area contributed by atoms with Crippen LogP contribution in [0.1, 0.15) is 296 Å². The summed E-state index contributed by atoms with van der Waals surface area (Å²) in [5.74, 6) is -0.597. The molecule has 6 heteroatoms. The molecule has 1 amide bonds. The first kappa shape index (κ1) is 62.5. The molecule has 0 fully saturated rings. The highest BCUT2D eigenvalue weighted by Gasteiger charge is 2.28. The van der Waals surface area contributed by atoms with Crippen LogP contribution in [-0.2, 0) is 4.79 Å². The van der Waals surface area contributed by atoms with Crippen molar-refractivity contribution in [2.24, 2.45) is 0 Å². The number of rotatable bonds is 52. The van der Waals surface area contributed by atoms with E-state index in [9.17, 15) is 25.2 Å². The molecular weight excluding hydrogens is 791 g/mol. The van der Waals surface area contributed by atoms with E-state index < -0.39 is 36.9 Å².